The monoisotopic (exact) mass is 436 g/mol. The lowest BCUT2D eigenvalue weighted by atomic mass is 9.49. The second-order valence-corrected chi connectivity index (χ2v) is 13.2. The minimum absolute atomic E-state index is 0.0545. The predicted molar refractivity (Wildman–Crippen MR) is 114 cm³/mol. The van der Waals surface area contributed by atoms with Gasteiger partial charge in [-0.3, -0.25) is 4.79 Å². The summed E-state index contributed by atoms with van der Waals surface area (Å²) in [6.45, 7) is 1.67. The Balaban J connectivity index is 1.10. The van der Waals surface area contributed by atoms with E-state index in [1.807, 2.05) is 0 Å². The second kappa shape index (κ2) is 7.65. The van der Waals surface area contributed by atoms with E-state index >= 15 is 0 Å². The van der Waals surface area contributed by atoms with Gasteiger partial charge in [0, 0.05) is 25.6 Å². The molecule has 160 valence electrons. The molecule has 5 aliphatic rings. The van der Waals surface area contributed by atoms with Crippen molar-refractivity contribution in [1.29, 1.82) is 0 Å². The molecule has 0 atom stereocenters. The molecule has 1 N–H and O–H groups in total. The molecule has 4 saturated carbocycles. The van der Waals surface area contributed by atoms with Gasteiger partial charge in [0.15, 0.2) is 0 Å². The van der Waals surface area contributed by atoms with Crippen molar-refractivity contribution < 1.29 is 13.2 Å². The number of amides is 1. The van der Waals surface area contributed by atoms with Gasteiger partial charge < -0.3 is 5.32 Å². The molecule has 1 amide bonds. The highest BCUT2D eigenvalue weighted by molar-refractivity contribution is 7.91. The van der Waals surface area contributed by atoms with Crippen LogP contribution in [0.5, 0.6) is 0 Å². The maximum Gasteiger partial charge on any atom is 0.252 e. The lowest BCUT2D eigenvalue weighted by molar-refractivity contribution is -0.126. The number of sulfonamides is 1. The average Bonchev–Trinajstić information content (AvgIpc) is 3.22. The van der Waals surface area contributed by atoms with E-state index < -0.39 is 10.0 Å². The Bertz CT molecular complexity index is 806. The van der Waals surface area contributed by atoms with E-state index in [0.29, 0.717) is 35.6 Å². The summed E-state index contributed by atoms with van der Waals surface area (Å²) in [6, 6.07) is 3.42. The van der Waals surface area contributed by atoms with Crippen LogP contribution in [-0.4, -0.2) is 38.3 Å². The maximum atomic E-state index is 12.7. The zero-order valence-electron chi connectivity index (χ0n) is 17.0. The Kier molecular flexibility index (Phi) is 5.28. The van der Waals surface area contributed by atoms with Crippen LogP contribution in [0.4, 0.5) is 0 Å². The summed E-state index contributed by atoms with van der Waals surface area (Å²) in [4.78, 5) is 12.7. The summed E-state index contributed by atoms with van der Waals surface area (Å²) in [7, 11) is -3.39. The minimum atomic E-state index is -3.39. The van der Waals surface area contributed by atoms with Crippen molar-refractivity contribution >= 4 is 27.3 Å². The van der Waals surface area contributed by atoms with Gasteiger partial charge in [-0.1, -0.05) is 6.07 Å². The first-order chi connectivity index (χ1) is 13.9. The van der Waals surface area contributed by atoms with Gasteiger partial charge in [0.2, 0.25) is 5.91 Å². The number of hydrogen-bond acceptors (Lipinski definition) is 4. The Labute approximate surface area is 178 Å². The van der Waals surface area contributed by atoms with E-state index in [-0.39, 0.29) is 11.8 Å². The molecule has 0 aromatic carbocycles. The molecule has 5 fully saturated rings. The molecule has 5 nitrogen and oxygen atoms in total. The fraction of sp³-hybridized carbons (Fsp3) is 0.773. The number of piperidine rings is 1. The zero-order valence-corrected chi connectivity index (χ0v) is 18.6. The maximum absolute atomic E-state index is 12.7. The topological polar surface area (TPSA) is 66.5 Å². The van der Waals surface area contributed by atoms with Gasteiger partial charge in [0.25, 0.3) is 10.0 Å². The normalized spacial score (nSPS) is 35.1. The number of carbonyl (C=O) groups is 1. The van der Waals surface area contributed by atoms with Crippen molar-refractivity contribution in [3.8, 4) is 0 Å². The average molecular weight is 437 g/mol. The highest BCUT2D eigenvalue weighted by Crippen LogP contribution is 2.61. The number of nitrogens with one attached hydrogen (secondary N) is 1. The van der Waals surface area contributed by atoms with Crippen LogP contribution in [0.15, 0.2) is 21.7 Å². The molecule has 4 bridgehead atoms. The van der Waals surface area contributed by atoms with Crippen LogP contribution in [0.1, 0.15) is 57.8 Å². The first-order valence-corrected chi connectivity index (χ1v) is 13.6. The van der Waals surface area contributed by atoms with Crippen LogP contribution in [0.3, 0.4) is 0 Å². The predicted octanol–water partition coefficient (Wildman–Crippen LogP) is 3.87. The molecule has 7 heteroatoms. The molecule has 29 heavy (non-hydrogen) atoms. The number of rotatable bonds is 6. The number of carbonyl (C=O) groups excluding carboxylic acids is 1. The molecule has 6 rings (SSSR count). The Morgan fingerprint density at radius 3 is 2.28 bits per heavy atom. The molecule has 1 aromatic rings. The van der Waals surface area contributed by atoms with Crippen LogP contribution >= 0.6 is 11.3 Å². The summed E-state index contributed by atoms with van der Waals surface area (Å²) < 4.78 is 27.2. The van der Waals surface area contributed by atoms with E-state index in [9.17, 15) is 13.2 Å². The molecule has 1 aliphatic heterocycles. The highest BCUT2D eigenvalue weighted by Gasteiger charge is 2.50. The van der Waals surface area contributed by atoms with Gasteiger partial charge in [-0.15, -0.1) is 11.3 Å². The van der Waals surface area contributed by atoms with E-state index in [1.165, 1.54) is 54.2 Å². The first-order valence-electron chi connectivity index (χ1n) is 11.2. The van der Waals surface area contributed by atoms with Crippen LogP contribution < -0.4 is 5.32 Å². The third-order valence-electron chi connectivity index (χ3n) is 8.03. The third-order valence-corrected chi connectivity index (χ3v) is 11.3. The molecule has 0 radical (unpaired) electrons. The smallest absolute Gasteiger partial charge is 0.252 e. The number of nitrogens with zero attached hydrogens (tertiary/aromatic N) is 1. The molecule has 2 heterocycles. The highest BCUT2D eigenvalue weighted by atomic mass is 32.2. The van der Waals surface area contributed by atoms with E-state index in [1.54, 1.807) is 17.5 Å². The molecular weight excluding hydrogens is 404 g/mol. The molecule has 0 unspecified atom stereocenters. The van der Waals surface area contributed by atoms with E-state index in [0.717, 1.165) is 30.7 Å². The van der Waals surface area contributed by atoms with Gasteiger partial charge in [0.05, 0.1) is 0 Å². The summed E-state index contributed by atoms with van der Waals surface area (Å²) in [5, 5.41) is 4.99. The number of hydrogen-bond donors (Lipinski definition) is 1. The van der Waals surface area contributed by atoms with Crippen molar-refractivity contribution in [3.05, 3.63) is 17.5 Å². The Morgan fingerprint density at radius 1 is 1.10 bits per heavy atom. The standard InChI is InChI=1S/C22H32N2O3S2/c25-21(19-3-7-24(8-4-19)29(26,27)20-2-1-9-28-20)23-6-5-22-13-16-10-17(14-22)12-18(11-16)15-22/h1-2,9,16-19H,3-8,10-15H2,(H,23,25). The zero-order chi connectivity index (χ0) is 20.1. The SMILES string of the molecule is O=C(NCCC12CC3CC(CC(C3)C1)C2)C1CCN(S(=O)(=O)c2cccs2)CC1. The van der Waals surface area contributed by atoms with Crippen LogP contribution in [-0.2, 0) is 14.8 Å². The van der Waals surface area contributed by atoms with Gasteiger partial charge in [-0.05, 0) is 92.4 Å². The summed E-state index contributed by atoms with van der Waals surface area (Å²) in [5.74, 6) is 2.92. The molecular formula is C22H32N2O3S2. The summed E-state index contributed by atoms with van der Waals surface area (Å²) >= 11 is 1.26. The van der Waals surface area contributed by atoms with Crippen molar-refractivity contribution in [2.75, 3.05) is 19.6 Å². The van der Waals surface area contributed by atoms with Crippen molar-refractivity contribution in [1.82, 2.24) is 9.62 Å². The fourth-order valence-electron chi connectivity index (χ4n) is 7.09. The van der Waals surface area contributed by atoms with Crippen LogP contribution in [0.25, 0.3) is 0 Å². The fourth-order valence-corrected chi connectivity index (χ4v) is 9.70. The molecule has 0 spiro atoms. The Morgan fingerprint density at radius 2 is 1.72 bits per heavy atom. The van der Waals surface area contributed by atoms with E-state index in [4.69, 9.17) is 0 Å². The Hall–Kier alpha value is -0.920. The van der Waals surface area contributed by atoms with Gasteiger partial charge >= 0.3 is 0 Å². The lowest BCUT2D eigenvalue weighted by Gasteiger charge is -2.57. The minimum Gasteiger partial charge on any atom is -0.356 e. The second-order valence-electron chi connectivity index (χ2n) is 10.1. The summed E-state index contributed by atoms with van der Waals surface area (Å²) in [6.07, 6.45) is 10.9. The third kappa shape index (κ3) is 3.90. The molecule has 1 saturated heterocycles. The summed E-state index contributed by atoms with van der Waals surface area (Å²) in [5.41, 5.74) is 0.500. The van der Waals surface area contributed by atoms with E-state index in [2.05, 4.69) is 5.32 Å². The van der Waals surface area contributed by atoms with Gasteiger partial charge in [0.1, 0.15) is 4.21 Å². The van der Waals surface area contributed by atoms with Crippen molar-refractivity contribution in [3.63, 3.8) is 0 Å². The van der Waals surface area contributed by atoms with Gasteiger partial charge in [-0.2, -0.15) is 4.31 Å². The first kappa shape index (κ1) is 20.0. The van der Waals surface area contributed by atoms with Gasteiger partial charge in [-0.25, -0.2) is 8.42 Å². The lowest BCUT2D eigenvalue weighted by Crippen LogP contribution is -2.48. The number of thiophene rings is 1. The van der Waals surface area contributed by atoms with Crippen molar-refractivity contribution in [2.45, 2.75) is 62.0 Å². The molecule has 4 aliphatic carbocycles. The quantitative estimate of drug-likeness (QED) is 0.736. The van der Waals surface area contributed by atoms with Crippen LogP contribution in [0, 0.1) is 29.1 Å². The molecule has 1 aromatic heterocycles. The van der Waals surface area contributed by atoms with Crippen molar-refractivity contribution in [2.24, 2.45) is 29.1 Å². The van der Waals surface area contributed by atoms with Crippen LogP contribution in [0.2, 0.25) is 0 Å². The largest absolute Gasteiger partial charge is 0.356 e.